The number of carbonyl (C=O) groups is 1. The lowest BCUT2D eigenvalue weighted by Gasteiger charge is -2.29. The molecule has 0 aliphatic carbocycles. The highest BCUT2D eigenvalue weighted by Gasteiger charge is 2.21. The van der Waals surface area contributed by atoms with Crippen LogP contribution in [-0.2, 0) is 16.1 Å². The third kappa shape index (κ3) is 4.85. The largest absolute Gasteiger partial charge is 0.381 e. The molecule has 2 aromatic rings. The number of nitrogens with one attached hydrogen (secondary N) is 1. The molecular formula is C22H28N2O2. The van der Waals surface area contributed by atoms with Gasteiger partial charge in [-0.1, -0.05) is 30.3 Å². The molecule has 0 spiro atoms. The van der Waals surface area contributed by atoms with Gasteiger partial charge in [-0.15, -0.1) is 0 Å². The first-order valence-electron chi connectivity index (χ1n) is 9.42. The number of nitrogens with zero attached hydrogens (tertiary/aromatic N) is 1. The Kier molecular flexibility index (Phi) is 6.29. The number of hydrogen-bond donors (Lipinski definition) is 1. The third-order valence-corrected chi connectivity index (χ3v) is 4.88. The summed E-state index contributed by atoms with van der Waals surface area (Å²) in [5.74, 6) is 0.166. The summed E-state index contributed by atoms with van der Waals surface area (Å²) < 4.78 is 5.33. The Bertz CT molecular complexity index is 692. The van der Waals surface area contributed by atoms with E-state index < -0.39 is 0 Å². The van der Waals surface area contributed by atoms with E-state index in [1.165, 1.54) is 5.56 Å². The van der Waals surface area contributed by atoms with Crippen LogP contribution in [0.25, 0.3) is 0 Å². The monoisotopic (exact) mass is 352 g/mol. The van der Waals surface area contributed by atoms with Gasteiger partial charge in [-0.25, -0.2) is 0 Å². The molecule has 0 atom stereocenters. The standard InChI is InChI=1S/C22H28N2O2/c1-17(2)24(16-18-6-4-3-5-7-18)21-10-8-20(9-11-21)23-22(25)19-12-14-26-15-13-19/h3-11,17,19H,12-16H2,1-2H3,(H,23,25). The zero-order valence-corrected chi connectivity index (χ0v) is 15.7. The SMILES string of the molecule is CC(C)N(Cc1ccccc1)c1ccc(NC(=O)C2CCOCC2)cc1. The van der Waals surface area contributed by atoms with Gasteiger partial charge >= 0.3 is 0 Å². The minimum Gasteiger partial charge on any atom is -0.381 e. The van der Waals surface area contributed by atoms with Crippen molar-refractivity contribution in [2.24, 2.45) is 5.92 Å². The Morgan fingerprint density at radius 1 is 1.08 bits per heavy atom. The van der Waals surface area contributed by atoms with Crippen molar-refractivity contribution >= 4 is 17.3 Å². The Hall–Kier alpha value is -2.33. The number of hydrogen-bond acceptors (Lipinski definition) is 3. The maximum atomic E-state index is 12.4. The number of ether oxygens (including phenoxy) is 1. The highest BCUT2D eigenvalue weighted by molar-refractivity contribution is 5.92. The molecule has 1 amide bonds. The van der Waals surface area contributed by atoms with Crippen LogP contribution in [0.2, 0.25) is 0 Å². The first-order chi connectivity index (χ1) is 12.6. The van der Waals surface area contributed by atoms with Crippen molar-refractivity contribution in [2.75, 3.05) is 23.4 Å². The number of rotatable bonds is 6. The van der Waals surface area contributed by atoms with Crippen LogP contribution in [0.15, 0.2) is 54.6 Å². The van der Waals surface area contributed by atoms with Crippen LogP contribution < -0.4 is 10.2 Å². The maximum absolute atomic E-state index is 12.4. The van der Waals surface area contributed by atoms with Gasteiger partial charge in [0.1, 0.15) is 0 Å². The van der Waals surface area contributed by atoms with Gasteiger partial charge in [0.15, 0.2) is 0 Å². The van der Waals surface area contributed by atoms with Gasteiger partial charge in [0.25, 0.3) is 0 Å². The van der Waals surface area contributed by atoms with Gasteiger partial charge < -0.3 is 15.0 Å². The van der Waals surface area contributed by atoms with E-state index >= 15 is 0 Å². The maximum Gasteiger partial charge on any atom is 0.227 e. The van der Waals surface area contributed by atoms with E-state index in [2.05, 4.69) is 60.5 Å². The molecule has 1 fully saturated rings. The molecule has 4 nitrogen and oxygen atoms in total. The van der Waals surface area contributed by atoms with E-state index in [0.717, 1.165) is 30.8 Å². The second-order valence-corrected chi connectivity index (χ2v) is 7.13. The summed E-state index contributed by atoms with van der Waals surface area (Å²) in [4.78, 5) is 14.7. The highest BCUT2D eigenvalue weighted by atomic mass is 16.5. The lowest BCUT2D eigenvalue weighted by Crippen LogP contribution is -2.30. The Morgan fingerprint density at radius 2 is 1.73 bits per heavy atom. The molecule has 4 heteroatoms. The average molecular weight is 352 g/mol. The zero-order valence-electron chi connectivity index (χ0n) is 15.7. The number of amides is 1. The second-order valence-electron chi connectivity index (χ2n) is 7.13. The Morgan fingerprint density at radius 3 is 2.35 bits per heavy atom. The summed E-state index contributed by atoms with van der Waals surface area (Å²) >= 11 is 0. The molecule has 0 saturated carbocycles. The van der Waals surface area contributed by atoms with Crippen molar-refractivity contribution in [1.29, 1.82) is 0 Å². The molecule has 1 heterocycles. The van der Waals surface area contributed by atoms with Crippen molar-refractivity contribution in [3.63, 3.8) is 0 Å². The Labute approximate surface area is 156 Å². The molecular weight excluding hydrogens is 324 g/mol. The van der Waals surface area contributed by atoms with Crippen LogP contribution >= 0.6 is 0 Å². The minimum atomic E-state index is 0.0636. The molecule has 1 aliphatic heterocycles. The van der Waals surface area contributed by atoms with E-state index in [-0.39, 0.29) is 11.8 Å². The number of anilines is 2. The molecule has 138 valence electrons. The summed E-state index contributed by atoms with van der Waals surface area (Å²) in [5.41, 5.74) is 3.31. The average Bonchev–Trinajstić information content (AvgIpc) is 2.68. The van der Waals surface area contributed by atoms with Crippen LogP contribution in [0, 0.1) is 5.92 Å². The normalized spacial score (nSPS) is 15.0. The number of benzene rings is 2. The van der Waals surface area contributed by atoms with Crippen LogP contribution in [-0.4, -0.2) is 25.2 Å². The topological polar surface area (TPSA) is 41.6 Å². The van der Waals surface area contributed by atoms with E-state index in [9.17, 15) is 4.79 Å². The van der Waals surface area contributed by atoms with Crippen molar-refractivity contribution in [1.82, 2.24) is 0 Å². The summed E-state index contributed by atoms with van der Waals surface area (Å²) in [7, 11) is 0. The highest BCUT2D eigenvalue weighted by Crippen LogP contribution is 2.23. The van der Waals surface area contributed by atoms with E-state index in [1.54, 1.807) is 0 Å². The molecule has 3 rings (SSSR count). The van der Waals surface area contributed by atoms with Gasteiger partial charge in [0.05, 0.1) is 0 Å². The van der Waals surface area contributed by atoms with Crippen molar-refractivity contribution in [3.05, 3.63) is 60.2 Å². The summed E-state index contributed by atoms with van der Waals surface area (Å²) in [6.45, 7) is 6.62. The fourth-order valence-corrected chi connectivity index (χ4v) is 3.29. The molecule has 0 unspecified atom stereocenters. The summed E-state index contributed by atoms with van der Waals surface area (Å²) in [6, 6.07) is 19.0. The molecule has 1 N–H and O–H groups in total. The molecule has 26 heavy (non-hydrogen) atoms. The predicted molar refractivity (Wildman–Crippen MR) is 106 cm³/mol. The van der Waals surface area contributed by atoms with Gasteiger partial charge in [-0.05, 0) is 56.5 Å². The molecule has 2 aromatic carbocycles. The van der Waals surface area contributed by atoms with Gasteiger partial charge in [0, 0.05) is 43.1 Å². The van der Waals surface area contributed by atoms with Crippen molar-refractivity contribution in [2.45, 2.75) is 39.3 Å². The smallest absolute Gasteiger partial charge is 0.227 e. The molecule has 1 aliphatic rings. The van der Waals surface area contributed by atoms with Crippen LogP contribution in [0.4, 0.5) is 11.4 Å². The van der Waals surface area contributed by atoms with Gasteiger partial charge in [0.2, 0.25) is 5.91 Å². The first kappa shape index (κ1) is 18.5. The quantitative estimate of drug-likeness (QED) is 0.834. The zero-order chi connectivity index (χ0) is 18.4. The predicted octanol–water partition coefficient (Wildman–Crippen LogP) is 4.47. The lowest BCUT2D eigenvalue weighted by atomic mass is 9.99. The fraction of sp³-hybridized carbons (Fsp3) is 0.409. The van der Waals surface area contributed by atoms with E-state index in [1.807, 2.05) is 18.2 Å². The van der Waals surface area contributed by atoms with Crippen LogP contribution in [0.5, 0.6) is 0 Å². The summed E-state index contributed by atoms with van der Waals surface area (Å²) in [6.07, 6.45) is 1.62. The van der Waals surface area contributed by atoms with Crippen molar-refractivity contribution < 1.29 is 9.53 Å². The van der Waals surface area contributed by atoms with E-state index in [4.69, 9.17) is 4.74 Å². The molecule has 0 aromatic heterocycles. The molecule has 0 bridgehead atoms. The number of carbonyl (C=O) groups excluding carboxylic acids is 1. The fourth-order valence-electron chi connectivity index (χ4n) is 3.29. The lowest BCUT2D eigenvalue weighted by molar-refractivity contribution is -0.122. The first-order valence-corrected chi connectivity index (χ1v) is 9.42. The third-order valence-electron chi connectivity index (χ3n) is 4.88. The van der Waals surface area contributed by atoms with Gasteiger partial charge in [-0.3, -0.25) is 4.79 Å². The second kappa shape index (κ2) is 8.86. The van der Waals surface area contributed by atoms with Crippen LogP contribution in [0.3, 0.4) is 0 Å². The van der Waals surface area contributed by atoms with Crippen molar-refractivity contribution in [3.8, 4) is 0 Å². The van der Waals surface area contributed by atoms with Gasteiger partial charge in [-0.2, -0.15) is 0 Å². The molecule has 0 radical (unpaired) electrons. The summed E-state index contributed by atoms with van der Waals surface area (Å²) in [5, 5.41) is 3.04. The Balaban J connectivity index is 1.65. The minimum absolute atomic E-state index is 0.0636. The van der Waals surface area contributed by atoms with Crippen LogP contribution in [0.1, 0.15) is 32.3 Å². The van der Waals surface area contributed by atoms with E-state index in [0.29, 0.717) is 19.3 Å². The molecule has 1 saturated heterocycles.